The van der Waals surface area contributed by atoms with Crippen LogP contribution in [0.1, 0.15) is 32.4 Å². The third-order valence-corrected chi connectivity index (χ3v) is 6.61. The minimum Gasteiger partial charge on any atom is -0.494 e. The molecule has 0 radical (unpaired) electrons. The predicted octanol–water partition coefficient (Wildman–Crippen LogP) is 2.89. The summed E-state index contributed by atoms with van der Waals surface area (Å²) < 4.78 is 43.0. The van der Waals surface area contributed by atoms with Crippen molar-refractivity contribution in [1.29, 1.82) is 0 Å². The van der Waals surface area contributed by atoms with Crippen LogP contribution in [0.2, 0.25) is 0 Å². The number of ether oxygens (including phenoxy) is 3. The normalized spacial score (nSPS) is 13.9. The molecule has 0 bridgehead atoms. The fraction of sp³-hybridized carbons (Fsp3) is 0.409. The van der Waals surface area contributed by atoms with Crippen molar-refractivity contribution >= 4 is 21.6 Å². The zero-order valence-electron chi connectivity index (χ0n) is 18.0. The van der Waals surface area contributed by atoms with Gasteiger partial charge in [-0.3, -0.25) is 9.10 Å². The standard InChI is InChI=1S/C22H28N2O6S/c1-4-28-19-9-6-17(7-10-19)16(3)23-22(25)15-24(31(26,27)5-2)18-8-11-20-21(14-18)30-13-12-29-20/h6-11,14,16H,4-5,12-13,15H2,1-3H3,(H,23,25)/t16-/m0/s1. The zero-order valence-corrected chi connectivity index (χ0v) is 18.8. The summed E-state index contributed by atoms with van der Waals surface area (Å²) in [6, 6.07) is 12.0. The third-order valence-electron chi connectivity index (χ3n) is 4.87. The Morgan fingerprint density at radius 3 is 2.42 bits per heavy atom. The first kappa shape index (κ1) is 22.7. The molecule has 31 heavy (non-hydrogen) atoms. The van der Waals surface area contributed by atoms with E-state index in [0.717, 1.165) is 15.6 Å². The molecule has 1 amide bonds. The molecular formula is C22H28N2O6S. The molecule has 0 saturated heterocycles. The van der Waals surface area contributed by atoms with Gasteiger partial charge < -0.3 is 19.5 Å². The van der Waals surface area contributed by atoms with Crippen LogP contribution in [0.3, 0.4) is 0 Å². The molecule has 0 saturated carbocycles. The number of anilines is 1. The van der Waals surface area contributed by atoms with Gasteiger partial charge in [-0.2, -0.15) is 0 Å². The Morgan fingerprint density at radius 1 is 1.10 bits per heavy atom. The van der Waals surface area contributed by atoms with Crippen LogP contribution < -0.4 is 23.8 Å². The number of fused-ring (bicyclic) bond motifs is 1. The highest BCUT2D eigenvalue weighted by molar-refractivity contribution is 7.92. The van der Waals surface area contributed by atoms with Crippen molar-refractivity contribution in [1.82, 2.24) is 5.32 Å². The summed E-state index contributed by atoms with van der Waals surface area (Å²) >= 11 is 0. The summed E-state index contributed by atoms with van der Waals surface area (Å²) in [6.45, 7) is 6.36. The Balaban J connectivity index is 1.74. The lowest BCUT2D eigenvalue weighted by molar-refractivity contribution is -0.120. The van der Waals surface area contributed by atoms with Crippen molar-refractivity contribution in [3.8, 4) is 17.2 Å². The van der Waals surface area contributed by atoms with Crippen LogP contribution in [0.4, 0.5) is 5.69 Å². The number of carbonyl (C=O) groups excluding carboxylic acids is 1. The second-order valence-electron chi connectivity index (χ2n) is 7.03. The van der Waals surface area contributed by atoms with E-state index in [2.05, 4.69) is 5.32 Å². The lowest BCUT2D eigenvalue weighted by Crippen LogP contribution is -2.42. The van der Waals surface area contributed by atoms with E-state index in [1.54, 1.807) is 25.1 Å². The minimum atomic E-state index is -3.69. The van der Waals surface area contributed by atoms with E-state index in [9.17, 15) is 13.2 Å². The molecule has 1 aliphatic heterocycles. The van der Waals surface area contributed by atoms with Gasteiger partial charge in [0.15, 0.2) is 11.5 Å². The van der Waals surface area contributed by atoms with Gasteiger partial charge in [0, 0.05) is 6.07 Å². The topological polar surface area (TPSA) is 94.2 Å². The Kier molecular flexibility index (Phi) is 7.27. The quantitative estimate of drug-likeness (QED) is 0.634. The van der Waals surface area contributed by atoms with Gasteiger partial charge in [0.1, 0.15) is 25.5 Å². The number of benzene rings is 2. The van der Waals surface area contributed by atoms with Crippen molar-refractivity contribution in [3.63, 3.8) is 0 Å². The highest BCUT2D eigenvalue weighted by atomic mass is 32.2. The summed E-state index contributed by atoms with van der Waals surface area (Å²) in [7, 11) is -3.69. The molecule has 168 valence electrons. The summed E-state index contributed by atoms with van der Waals surface area (Å²) in [5, 5.41) is 2.86. The van der Waals surface area contributed by atoms with Gasteiger partial charge in [-0.15, -0.1) is 0 Å². The average Bonchev–Trinajstić information content (AvgIpc) is 2.77. The zero-order chi connectivity index (χ0) is 22.4. The smallest absolute Gasteiger partial charge is 0.241 e. The molecule has 9 heteroatoms. The van der Waals surface area contributed by atoms with Crippen molar-refractivity contribution in [2.45, 2.75) is 26.8 Å². The average molecular weight is 449 g/mol. The van der Waals surface area contributed by atoms with Gasteiger partial charge in [0.2, 0.25) is 15.9 Å². The van der Waals surface area contributed by atoms with Gasteiger partial charge >= 0.3 is 0 Å². The monoisotopic (exact) mass is 448 g/mol. The second kappa shape index (κ2) is 9.91. The molecule has 1 aliphatic rings. The number of nitrogens with one attached hydrogen (secondary N) is 1. The fourth-order valence-corrected chi connectivity index (χ4v) is 4.27. The Labute approximate surface area is 183 Å². The molecule has 1 atom stereocenters. The van der Waals surface area contributed by atoms with Crippen molar-refractivity contribution in [2.75, 3.05) is 36.4 Å². The molecule has 1 N–H and O–H groups in total. The first-order valence-corrected chi connectivity index (χ1v) is 11.9. The molecule has 0 aliphatic carbocycles. The first-order valence-electron chi connectivity index (χ1n) is 10.3. The van der Waals surface area contributed by atoms with E-state index in [1.807, 2.05) is 38.1 Å². The summed E-state index contributed by atoms with van der Waals surface area (Å²) in [5.74, 6) is 1.22. The van der Waals surface area contributed by atoms with E-state index in [1.165, 1.54) is 0 Å². The maximum Gasteiger partial charge on any atom is 0.241 e. The van der Waals surface area contributed by atoms with Crippen LogP contribution >= 0.6 is 0 Å². The van der Waals surface area contributed by atoms with E-state index in [4.69, 9.17) is 14.2 Å². The molecule has 3 rings (SSSR count). The Morgan fingerprint density at radius 2 is 1.77 bits per heavy atom. The van der Waals surface area contributed by atoms with Crippen molar-refractivity contribution in [3.05, 3.63) is 48.0 Å². The van der Waals surface area contributed by atoms with E-state index >= 15 is 0 Å². The van der Waals surface area contributed by atoms with Crippen molar-refractivity contribution < 1.29 is 27.4 Å². The first-order chi connectivity index (χ1) is 14.8. The maximum atomic E-state index is 12.7. The number of sulfonamides is 1. The molecule has 2 aromatic rings. The lowest BCUT2D eigenvalue weighted by atomic mass is 10.1. The van der Waals surface area contributed by atoms with Gasteiger partial charge in [0.25, 0.3) is 0 Å². The number of hydrogen-bond donors (Lipinski definition) is 1. The molecule has 8 nitrogen and oxygen atoms in total. The second-order valence-corrected chi connectivity index (χ2v) is 9.21. The van der Waals surface area contributed by atoms with Gasteiger partial charge in [-0.1, -0.05) is 12.1 Å². The third kappa shape index (κ3) is 5.61. The van der Waals surface area contributed by atoms with Crippen LogP contribution in [0.5, 0.6) is 17.2 Å². The number of nitrogens with zero attached hydrogens (tertiary/aromatic N) is 1. The van der Waals surface area contributed by atoms with Gasteiger partial charge in [-0.25, -0.2) is 8.42 Å². The number of carbonyl (C=O) groups is 1. The van der Waals surface area contributed by atoms with Crippen molar-refractivity contribution in [2.24, 2.45) is 0 Å². The molecular weight excluding hydrogens is 420 g/mol. The number of amides is 1. The lowest BCUT2D eigenvalue weighted by Gasteiger charge is -2.26. The van der Waals surface area contributed by atoms with Crippen LogP contribution in [0.15, 0.2) is 42.5 Å². The number of hydrogen-bond acceptors (Lipinski definition) is 6. The van der Waals surface area contributed by atoms with Crippen LogP contribution in [0, 0.1) is 0 Å². The van der Waals surface area contributed by atoms with E-state index in [0.29, 0.717) is 37.0 Å². The predicted molar refractivity (Wildman–Crippen MR) is 118 cm³/mol. The highest BCUT2D eigenvalue weighted by Crippen LogP contribution is 2.34. The summed E-state index contributed by atoms with van der Waals surface area (Å²) in [6.07, 6.45) is 0. The molecule has 1 heterocycles. The molecule has 0 spiro atoms. The maximum absolute atomic E-state index is 12.7. The van der Waals surface area contributed by atoms with Crippen LogP contribution in [-0.4, -0.2) is 46.4 Å². The minimum absolute atomic E-state index is 0.136. The molecule has 0 fully saturated rings. The van der Waals surface area contributed by atoms with Gasteiger partial charge in [-0.05, 0) is 50.6 Å². The number of rotatable bonds is 9. The SMILES string of the molecule is CCOc1ccc([C@H](C)NC(=O)CN(c2ccc3c(c2)OCCO3)S(=O)(=O)CC)cc1. The highest BCUT2D eigenvalue weighted by Gasteiger charge is 2.26. The molecule has 0 aromatic heterocycles. The van der Waals surface area contributed by atoms with Crippen LogP contribution in [-0.2, 0) is 14.8 Å². The Bertz CT molecular complexity index is 1010. The van der Waals surface area contributed by atoms with E-state index in [-0.39, 0.29) is 18.3 Å². The largest absolute Gasteiger partial charge is 0.494 e. The molecule has 0 unspecified atom stereocenters. The van der Waals surface area contributed by atoms with Crippen LogP contribution in [0.25, 0.3) is 0 Å². The summed E-state index contributed by atoms with van der Waals surface area (Å²) in [5.41, 5.74) is 1.25. The van der Waals surface area contributed by atoms with E-state index < -0.39 is 15.9 Å². The fourth-order valence-electron chi connectivity index (χ4n) is 3.21. The summed E-state index contributed by atoms with van der Waals surface area (Å²) in [4.78, 5) is 12.7. The molecule has 2 aromatic carbocycles. The Hall–Kier alpha value is -2.94. The van der Waals surface area contributed by atoms with Gasteiger partial charge in [0.05, 0.1) is 24.1 Å².